The SMILES string of the molecule is Cc1cn(-c2ccc3c(N)ncnc3c2)c2c1C=CCC2. The minimum Gasteiger partial charge on any atom is -0.383 e. The molecule has 0 spiro atoms. The van der Waals surface area contributed by atoms with Gasteiger partial charge in [-0.15, -0.1) is 0 Å². The van der Waals surface area contributed by atoms with Gasteiger partial charge in [0.2, 0.25) is 0 Å². The van der Waals surface area contributed by atoms with E-state index in [2.05, 4.69) is 51.9 Å². The lowest BCUT2D eigenvalue weighted by molar-refractivity contribution is 0.875. The summed E-state index contributed by atoms with van der Waals surface area (Å²) in [5.41, 5.74) is 11.9. The summed E-state index contributed by atoms with van der Waals surface area (Å²) >= 11 is 0. The quantitative estimate of drug-likeness (QED) is 0.742. The molecule has 1 aromatic carbocycles. The Morgan fingerprint density at radius 1 is 1.24 bits per heavy atom. The highest BCUT2D eigenvalue weighted by molar-refractivity contribution is 5.89. The van der Waals surface area contributed by atoms with Crippen LogP contribution in [0.1, 0.15) is 23.2 Å². The molecule has 2 aromatic heterocycles. The number of hydrogen-bond acceptors (Lipinski definition) is 3. The van der Waals surface area contributed by atoms with Crippen LogP contribution in [-0.2, 0) is 6.42 Å². The number of anilines is 1. The van der Waals surface area contributed by atoms with Crippen molar-refractivity contribution in [2.24, 2.45) is 0 Å². The van der Waals surface area contributed by atoms with Gasteiger partial charge in [-0.1, -0.05) is 12.2 Å². The number of benzene rings is 1. The number of fused-ring (bicyclic) bond motifs is 2. The van der Waals surface area contributed by atoms with Crippen LogP contribution in [0.25, 0.3) is 22.7 Å². The fourth-order valence-corrected chi connectivity index (χ4v) is 3.05. The number of rotatable bonds is 1. The number of nitrogens with zero attached hydrogens (tertiary/aromatic N) is 3. The van der Waals surface area contributed by atoms with Gasteiger partial charge in [0.25, 0.3) is 0 Å². The molecule has 0 aliphatic heterocycles. The first kappa shape index (κ1) is 12.1. The second-order valence-electron chi connectivity index (χ2n) is 5.44. The van der Waals surface area contributed by atoms with Gasteiger partial charge in [-0.2, -0.15) is 0 Å². The van der Waals surface area contributed by atoms with Crippen LogP contribution in [0, 0.1) is 6.92 Å². The summed E-state index contributed by atoms with van der Waals surface area (Å²) in [5.74, 6) is 0.528. The van der Waals surface area contributed by atoms with E-state index in [-0.39, 0.29) is 0 Å². The molecule has 4 nitrogen and oxygen atoms in total. The predicted octanol–water partition coefficient (Wildman–Crippen LogP) is 3.27. The standard InChI is InChI=1S/C17H16N4/c1-11-9-21(16-5-3-2-4-13(11)16)12-6-7-14-15(8-12)19-10-20-17(14)18/h2,4,6-10H,3,5H2,1H3,(H2,18,19,20). The zero-order valence-electron chi connectivity index (χ0n) is 11.9. The molecule has 3 aromatic rings. The minimum absolute atomic E-state index is 0.528. The van der Waals surface area contributed by atoms with Crippen molar-refractivity contribution >= 4 is 22.8 Å². The van der Waals surface area contributed by atoms with Crippen LogP contribution in [0.4, 0.5) is 5.82 Å². The summed E-state index contributed by atoms with van der Waals surface area (Å²) in [6.07, 6.45) is 10.4. The van der Waals surface area contributed by atoms with Gasteiger partial charge in [-0.3, -0.25) is 0 Å². The van der Waals surface area contributed by atoms with E-state index in [1.807, 2.05) is 6.07 Å². The Morgan fingerprint density at radius 2 is 2.14 bits per heavy atom. The lowest BCUT2D eigenvalue weighted by atomic mass is 10.0. The molecule has 2 N–H and O–H groups in total. The van der Waals surface area contributed by atoms with Crippen LogP contribution in [0.2, 0.25) is 0 Å². The van der Waals surface area contributed by atoms with Crippen LogP contribution in [0.15, 0.2) is 36.8 Å². The maximum Gasteiger partial charge on any atom is 0.134 e. The third-order valence-corrected chi connectivity index (χ3v) is 4.11. The van der Waals surface area contributed by atoms with Crippen LogP contribution in [-0.4, -0.2) is 14.5 Å². The molecule has 2 heterocycles. The lowest BCUT2D eigenvalue weighted by Gasteiger charge is -2.13. The Bertz CT molecular complexity index is 874. The van der Waals surface area contributed by atoms with Crippen molar-refractivity contribution in [2.45, 2.75) is 19.8 Å². The first-order chi connectivity index (χ1) is 10.2. The second kappa shape index (κ2) is 4.45. The molecule has 0 saturated carbocycles. The molecule has 21 heavy (non-hydrogen) atoms. The Morgan fingerprint density at radius 3 is 3.05 bits per heavy atom. The van der Waals surface area contributed by atoms with Gasteiger partial charge in [0.15, 0.2) is 0 Å². The Kier molecular flexibility index (Phi) is 2.57. The summed E-state index contributed by atoms with van der Waals surface area (Å²) in [6, 6.07) is 6.16. The van der Waals surface area contributed by atoms with Crippen LogP contribution in [0.3, 0.4) is 0 Å². The predicted molar refractivity (Wildman–Crippen MR) is 85.4 cm³/mol. The van der Waals surface area contributed by atoms with Crippen molar-refractivity contribution in [1.29, 1.82) is 0 Å². The van der Waals surface area contributed by atoms with E-state index in [0.29, 0.717) is 5.82 Å². The fraction of sp³-hybridized carbons (Fsp3) is 0.176. The average Bonchev–Trinajstić information content (AvgIpc) is 2.85. The Labute approximate surface area is 122 Å². The van der Waals surface area contributed by atoms with Crippen LogP contribution >= 0.6 is 0 Å². The largest absolute Gasteiger partial charge is 0.383 e. The van der Waals surface area contributed by atoms with Crippen molar-refractivity contribution < 1.29 is 0 Å². The Hall–Kier alpha value is -2.62. The van der Waals surface area contributed by atoms with Crippen LogP contribution in [0.5, 0.6) is 0 Å². The molecule has 104 valence electrons. The van der Waals surface area contributed by atoms with E-state index >= 15 is 0 Å². The van der Waals surface area contributed by atoms with Crippen molar-refractivity contribution in [1.82, 2.24) is 14.5 Å². The molecular weight excluding hydrogens is 260 g/mol. The molecule has 0 fully saturated rings. The fourth-order valence-electron chi connectivity index (χ4n) is 3.05. The van der Waals surface area contributed by atoms with Gasteiger partial charge < -0.3 is 10.3 Å². The summed E-state index contributed by atoms with van der Waals surface area (Å²) in [7, 11) is 0. The van der Waals surface area contributed by atoms with E-state index in [4.69, 9.17) is 5.73 Å². The van der Waals surface area contributed by atoms with E-state index in [9.17, 15) is 0 Å². The number of hydrogen-bond donors (Lipinski definition) is 1. The maximum atomic E-state index is 5.89. The number of allylic oxidation sites excluding steroid dienone is 1. The van der Waals surface area contributed by atoms with Crippen LogP contribution < -0.4 is 5.73 Å². The minimum atomic E-state index is 0.528. The van der Waals surface area contributed by atoms with Crippen molar-refractivity contribution in [2.75, 3.05) is 5.73 Å². The third kappa shape index (κ3) is 1.83. The van der Waals surface area contributed by atoms with Crippen molar-refractivity contribution in [3.63, 3.8) is 0 Å². The lowest BCUT2D eigenvalue weighted by Crippen LogP contribution is -2.02. The number of nitrogens with two attached hydrogens (primary N) is 1. The normalized spacial score (nSPS) is 13.6. The summed E-state index contributed by atoms with van der Waals surface area (Å²) < 4.78 is 2.27. The molecule has 0 bridgehead atoms. The smallest absolute Gasteiger partial charge is 0.134 e. The number of aromatic nitrogens is 3. The third-order valence-electron chi connectivity index (χ3n) is 4.11. The molecular formula is C17H16N4. The van der Waals surface area contributed by atoms with Gasteiger partial charge in [-0.25, -0.2) is 9.97 Å². The second-order valence-corrected chi connectivity index (χ2v) is 5.44. The molecule has 4 rings (SSSR count). The van der Waals surface area contributed by atoms with Gasteiger partial charge in [0.1, 0.15) is 12.1 Å². The van der Waals surface area contributed by atoms with Crippen molar-refractivity contribution in [3.05, 3.63) is 53.6 Å². The van der Waals surface area contributed by atoms with Gasteiger partial charge in [0.05, 0.1) is 5.52 Å². The average molecular weight is 276 g/mol. The molecule has 1 aliphatic carbocycles. The Balaban J connectivity index is 1.93. The van der Waals surface area contributed by atoms with Gasteiger partial charge in [0, 0.05) is 23.0 Å². The first-order valence-electron chi connectivity index (χ1n) is 7.12. The molecule has 0 radical (unpaired) electrons. The summed E-state index contributed by atoms with van der Waals surface area (Å²) in [4.78, 5) is 8.36. The topological polar surface area (TPSA) is 56.7 Å². The molecule has 4 heteroatoms. The van der Waals surface area contributed by atoms with Crippen molar-refractivity contribution in [3.8, 4) is 5.69 Å². The highest BCUT2D eigenvalue weighted by Crippen LogP contribution is 2.28. The van der Waals surface area contributed by atoms with E-state index in [1.54, 1.807) is 0 Å². The molecule has 0 atom stereocenters. The first-order valence-corrected chi connectivity index (χ1v) is 7.12. The highest BCUT2D eigenvalue weighted by Gasteiger charge is 2.15. The van der Waals surface area contributed by atoms with Gasteiger partial charge >= 0.3 is 0 Å². The zero-order chi connectivity index (χ0) is 14.4. The monoisotopic (exact) mass is 276 g/mol. The molecule has 0 amide bonds. The molecule has 0 unspecified atom stereocenters. The van der Waals surface area contributed by atoms with E-state index in [1.165, 1.54) is 23.1 Å². The highest BCUT2D eigenvalue weighted by atomic mass is 15.0. The number of aryl methyl sites for hydroxylation is 1. The van der Waals surface area contributed by atoms with E-state index in [0.717, 1.165) is 29.4 Å². The van der Waals surface area contributed by atoms with E-state index < -0.39 is 0 Å². The zero-order valence-corrected chi connectivity index (χ0v) is 11.9. The molecule has 1 aliphatic rings. The maximum absolute atomic E-state index is 5.89. The molecule has 0 saturated heterocycles. The summed E-state index contributed by atoms with van der Waals surface area (Å²) in [6.45, 7) is 2.16. The summed E-state index contributed by atoms with van der Waals surface area (Å²) in [5, 5.41) is 0.902. The number of nitrogen functional groups attached to an aromatic ring is 1. The van der Waals surface area contributed by atoms with Gasteiger partial charge in [-0.05, 0) is 49.1 Å².